The first-order valence-corrected chi connectivity index (χ1v) is 5.84. The first kappa shape index (κ1) is 16.8. The molecule has 0 unspecified atom stereocenters. The van der Waals surface area contributed by atoms with Crippen molar-refractivity contribution in [3.05, 3.63) is 29.8 Å². The Balaban J connectivity index is 2.45. The third-order valence-corrected chi connectivity index (χ3v) is 2.29. The van der Waals surface area contributed by atoms with Gasteiger partial charge >= 0.3 is 6.18 Å². The number of carbonyl (C=O) groups is 1. The van der Waals surface area contributed by atoms with Crippen molar-refractivity contribution in [3.63, 3.8) is 0 Å². The second kappa shape index (κ2) is 7.48. The summed E-state index contributed by atoms with van der Waals surface area (Å²) in [6, 6.07) is 6.16. The lowest BCUT2D eigenvalue weighted by molar-refractivity contribution is -0.174. The first-order chi connectivity index (χ1) is 9.81. The van der Waals surface area contributed by atoms with Crippen molar-refractivity contribution in [1.29, 1.82) is 0 Å². The van der Waals surface area contributed by atoms with E-state index in [0.717, 1.165) is 0 Å². The Bertz CT molecular complexity index is 518. The van der Waals surface area contributed by atoms with E-state index in [1.54, 1.807) is 18.2 Å². The molecule has 1 aromatic carbocycles. The number of nitrogens with zero attached hydrogens (tertiary/aromatic N) is 1. The number of anilines is 1. The molecular formula is C12H14F3N3O3. The number of amides is 1. The van der Waals surface area contributed by atoms with E-state index in [9.17, 15) is 18.0 Å². The van der Waals surface area contributed by atoms with Gasteiger partial charge in [-0.25, -0.2) is 0 Å². The van der Waals surface area contributed by atoms with E-state index in [0.29, 0.717) is 11.3 Å². The number of nitrogens with two attached hydrogens (primary N) is 1. The molecule has 0 aliphatic carbocycles. The van der Waals surface area contributed by atoms with E-state index < -0.39 is 18.7 Å². The predicted molar refractivity (Wildman–Crippen MR) is 69.1 cm³/mol. The topological polar surface area (TPSA) is 96.9 Å². The molecule has 0 spiro atoms. The lowest BCUT2D eigenvalue weighted by Gasteiger charge is -2.09. The number of carbonyl (C=O) groups excluding carboxylic acids is 1. The summed E-state index contributed by atoms with van der Waals surface area (Å²) in [6.45, 7) is -1.73. The Morgan fingerprint density at radius 2 is 2.14 bits per heavy atom. The van der Waals surface area contributed by atoms with Crippen LogP contribution in [-0.4, -0.2) is 36.3 Å². The molecule has 1 aromatic rings. The summed E-state index contributed by atoms with van der Waals surface area (Å²) in [7, 11) is 0. The number of oxime groups is 1. The van der Waals surface area contributed by atoms with E-state index in [2.05, 4.69) is 15.2 Å². The highest BCUT2D eigenvalue weighted by atomic mass is 19.4. The molecule has 0 radical (unpaired) electrons. The van der Waals surface area contributed by atoms with Gasteiger partial charge in [-0.2, -0.15) is 13.2 Å². The maximum atomic E-state index is 11.8. The maximum absolute atomic E-state index is 11.8. The number of nitrogens with one attached hydrogen (secondary N) is 1. The van der Waals surface area contributed by atoms with Gasteiger partial charge in [-0.05, 0) is 12.1 Å². The SMILES string of the molecule is N/C(=N/O)c1cccc(NC(=O)CCOCC(F)(F)F)c1. The number of alkyl halides is 3. The van der Waals surface area contributed by atoms with Crippen LogP contribution in [0.1, 0.15) is 12.0 Å². The number of hydrogen-bond acceptors (Lipinski definition) is 4. The van der Waals surface area contributed by atoms with Crippen LogP contribution in [0.25, 0.3) is 0 Å². The first-order valence-electron chi connectivity index (χ1n) is 5.84. The van der Waals surface area contributed by atoms with Gasteiger partial charge < -0.3 is 21.0 Å². The minimum Gasteiger partial charge on any atom is -0.409 e. The number of benzene rings is 1. The molecule has 4 N–H and O–H groups in total. The van der Waals surface area contributed by atoms with Crippen LogP contribution < -0.4 is 11.1 Å². The molecule has 6 nitrogen and oxygen atoms in total. The van der Waals surface area contributed by atoms with Gasteiger partial charge in [-0.1, -0.05) is 17.3 Å². The highest BCUT2D eigenvalue weighted by Crippen LogP contribution is 2.14. The summed E-state index contributed by atoms with van der Waals surface area (Å²) in [5.74, 6) is -0.631. The van der Waals surface area contributed by atoms with Crippen LogP contribution >= 0.6 is 0 Å². The van der Waals surface area contributed by atoms with Crippen molar-refractivity contribution >= 4 is 17.4 Å². The summed E-state index contributed by atoms with van der Waals surface area (Å²) in [5.41, 5.74) is 6.16. The fourth-order valence-corrected chi connectivity index (χ4v) is 1.39. The van der Waals surface area contributed by atoms with Crippen molar-refractivity contribution in [3.8, 4) is 0 Å². The molecule has 0 heterocycles. The second-order valence-corrected chi connectivity index (χ2v) is 4.03. The van der Waals surface area contributed by atoms with E-state index >= 15 is 0 Å². The van der Waals surface area contributed by atoms with E-state index in [1.807, 2.05) is 0 Å². The molecule has 0 atom stereocenters. The number of amidine groups is 1. The van der Waals surface area contributed by atoms with Gasteiger partial charge in [0, 0.05) is 11.3 Å². The highest BCUT2D eigenvalue weighted by Gasteiger charge is 2.27. The third-order valence-electron chi connectivity index (χ3n) is 2.29. The van der Waals surface area contributed by atoms with Crippen molar-refractivity contribution < 1.29 is 27.9 Å². The number of halogens is 3. The lowest BCUT2D eigenvalue weighted by Crippen LogP contribution is -2.20. The molecule has 9 heteroatoms. The van der Waals surface area contributed by atoms with Gasteiger partial charge in [0.25, 0.3) is 0 Å². The molecule has 1 amide bonds. The van der Waals surface area contributed by atoms with Crippen LogP contribution in [0, 0.1) is 0 Å². The van der Waals surface area contributed by atoms with Crippen LogP contribution in [0.2, 0.25) is 0 Å². The average Bonchev–Trinajstić information content (AvgIpc) is 2.42. The van der Waals surface area contributed by atoms with Gasteiger partial charge in [-0.15, -0.1) is 0 Å². The minimum absolute atomic E-state index is 0.125. The second-order valence-electron chi connectivity index (χ2n) is 4.03. The van der Waals surface area contributed by atoms with Crippen LogP contribution in [0.3, 0.4) is 0 Å². The smallest absolute Gasteiger partial charge is 0.409 e. The minimum atomic E-state index is -4.41. The molecule has 116 valence electrons. The zero-order chi connectivity index (χ0) is 15.9. The van der Waals surface area contributed by atoms with Gasteiger partial charge in [0.2, 0.25) is 5.91 Å². The highest BCUT2D eigenvalue weighted by molar-refractivity contribution is 5.99. The summed E-state index contributed by atoms with van der Waals surface area (Å²) in [5, 5.41) is 13.8. The van der Waals surface area contributed by atoms with Gasteiger partial charge in [0.05, 0.1) is 13.0 Å². The van der Waals surface area contributed by atoms with Crippen LogP contribution in [-0.2, 0) is 9.53 Å². The summed E-state index contributed by atoms with van der Waals surface area (Å²) in [6.07, 6.45) is -4.63. The van der Waals surface area contributed by atoms with E-state index in [1.165, 1.54) is 6.07 Å². The zero-order valence-corrected chi connectivity index (χ0v) is 10.9. The normalized spacial score (nSPS) is 12.2. The fraction of sp³-hybridized carbons (Fsp3) is 0.333. The quantitative estimate of drug-likeness (QED) is 0.245. The van der Waals surface area contributed by atoms with Crippen molar-refractivity contribution in [2.45, 2.75) is 12.6 Å². The molecule has 0 fully saturated rings. The average molecular weight is 305 g/mol. The molecule has 0 aromatic heterocycles. The number of ether oxygens (including phenoxy) is 1. The Hall–Kier alpha value is -2.29. The predicted octanol–water partition coefficient (Wildman–Crippen LogP) is 1.69. The Labute approximate surface area is 118 Å². The fourth-order valence-electron chi connectivity index (χ4n) is 1.39. The molecule has 1 rings (SSSR count). The van der Waals surface area contributed by atoms with Crippen LogP contribution in [0.4, 0.5) is 18.9 Å². The van der Waals surface area contributed by atoms with Gasteiger partial charge in [-0.3, -0.25) is 4.79 Å². The molecule has 0 bridgehead atoms. The monoisotopic (exact) mass is 305 g/mol. The molecular weight excluding hydrogens is 291 g/mol. The Morgan fingerprint density at radius 3 is 2.76 bits per heavy atom. The summed E-state index contributed by atoms with van der Waals surface area (Å²) >= 11 is 0. The molecule has 0 saturated carbocycles. The molecule has 0 aliphatic heterocycles. The number of hydrogen-bond donors (Lipinski definition) is 3. The van der Waals surface area contributed by atoms with Crippen LogP contribution in [0.15, 0.2) is 29.4 Å². The maximum Gasteiger partial charge on any atom is 0.411 e. The third kappa shape index (κ3) is 6.61. The van der Waals surface area contributed by atoms with E-state index in [4.69, 9.17) is 10.9 Å². The van der Waals surface area contributed by atoms with Crippen molar-refractivity contribution in [2.75, 3.05) is 18.5 Å². The standard InChI is InChI=1S/C12H14F3N3O3/c13-12(14,15)7-21-5-4-10(19)17-9-3-1-2-8(6-9)11(16)18-20/h1-3,6,20H,4-5,7H2,(H2,16,18)(H,17,19). The number of rotatable bonds is 6. The molecule has 0 aliphatic rings. The Kier molecular flexibility index (Phi) is 5.97. The molecule has 0 saturated heterocycles. The lowest BCUT2D eigenvalue weighted by atomic mass is 10.2. The zero-order valence-electron chi connectivity index (χ0n) is 10.9. The van der Waals surface area contributed by atoms with Crippen molar-refractivity contribution in [1.82, 2.24) is 0 Å². The van der Waals surface area contributed by atoms with E-state index in [-0.39, 0.29) is 18.9 Å². The van der Waals surface area contributed by atoms with Crippen LogP contribution in [0.5, 0.6) is 0 Å². The van der Waals surface area contributed by atoms with Gasteiger partial charge in [0.1, 0.15) is 6.61 Å². The largest absolute Gasteiger partial charge is 0.411 e. The van der Waals surface area contributed by atoms with Gasteiger partial charge in [0.15, 0.2) is 5.84 Å². The summed E-state index contributed by atoms with van der Waals surface area (Å²) < 4.78 is 39.8. The molecule has 21 heavy (non-hydrogen) atoms. The Morgan fingerprint density at radius 1 is 1.43 bits per heavy atom. The summed E-state index contributed by atoms with van der Waals surface area (Å²) in [4.78, 5) is 11.5. The van der Waals surface area contributed by atoms with Crippen molar-refractivity contribution in [2.24, 2.45) is 10.9 Å².